The molecule has 0 aromatic rings. The van der Waals surface area contributed by atoms with Crippen LogP contribution in [0.3, 0.4) is 0 Å². The molecular weight excluding hydrogens is 237 g/mol. The van der Waals surface area contributed by atoms with Crippen molar-refractivity contribution < 1.29 is 29.5 Å². The lowest BCUT2D eigenvalue weighted by atomic mass is 10.2. The van der Waals surface area contributed by atoms with Crippen LogP contribution in [0.25, 0.3) is 0 Å². The van der Waals surface area contributed by atoms with E-state index in [1.165, 1.54) is 0 Å². The van der Waals surface area contributed by atoms with Crippen LogP contribution in [0, 0.1) is 0 Å². The highest BCUT2D eigenvalue weighted by molar-refractivity contribution is 7.45. The Labute approximate surface area is 94.9 Å². The Bertz CT molecular complexity index is 220. The van der Waals surface area contributed by atoms with Gasteiger partial charge in [-0.05, 0) is 20.4 Å². The van der Waals surface area contributed by atoms with Crippen molar-refractivity contribution in [1.29, 1.82) is 0 Å². The van der Waals surface area contributed by atoms with E-state index in [9.17, 15) is 5.11 Å². The molecule has 5 N–H and O–H groups in total. The number of phosphoric acid groups is 1. The van der Waals surface area contributed by atoms with Crippen LogP contribution in [0.15, 0.2) is 12.7 Å². The molecule has 0 heterocycles. The molecule has 98 valence electrons. The summed E-state index contributed by atoms with van der Waals surface area (Å²) in [6.45, 7) is 5.65. The molecule has 2 unspecified atom stereocenters. The van der Waals surface area contributed by atoms with Gasteiger partial charge in [-0.1, -0.05) is 6.08 Å². The molecule has 0 aliphatic carbocycles. The van der Waals surface area contributed by atoms with Crippen LogP contribution in [0.4, 0.5) is 0 Å². The average molecular weight is 257 g/mol. The minimum absolute atomic E-state index is 0.424. The smallest absolute Gasteiger partial charge is 0.391 e. The lowest BCUT2D eigenvalue weighted by molar-refractivity contribution is 0.00759. The maximum absolute atomic E-state index is 9.24. The third-order valence-electron chi connectivity index (χ3n) is 1.58. The fourth-order valence-electron chi connectivity index (χ4n) is 0.752. The summed E-state index contributed by atoms with van der Waals surface area (Å²) in [6.07, 6.45) is 1.30. The zero-order valence-electron chi connectivity index (χ0n) is 9.39. The van der Waals surface area contributed by atoms with Gasteiger partial charge in [0, 0.05) is 6.54 Å². The van der Waals surface area contributed by atoms with Crippen LogP contribution >= 0.6 is 7.82 Å². The summed E-state index contributed by atoms with van der Waals surface area (Å²) in [6, 6.07) is 0. The van der Waals surface area contributed by atoms with Crippen molar-refractivity contribution in [2.75, 3.05) is 13.6 Å². The summed E-state index contributed by atoms with van der Waals surface area (Å²) < 4.78 is 8.88. The first-order chi connectivity index (χ1) is 7.07. The third kappa shape index (κ3) is 19.3. The predicted molar refractivity (Wildman–Crippen MR) is 59.4 cm³/mol. The Morgan fingerprint density at radius 3 is 2.00 bits per heavy atom. The van der Waals surface area contributed by atoms with Gasteiger partial charge in [-0.3, -0.25) is 4.90 Å². The van der Waals surface area contributed by atoms with Crippen molar-refractivity contribution in [3.8, 4) is 0 Å². The fourth-order valence-corrected chi connectivity index (χ4v) is 0.752. The van der Waals surface area contributed by atoms with E-state index in [1.54, 1.807) is 24.9 Å². The van der Waals surface area contributed by atoms with E-state index in [0.717, 1.165) is 0 Å². The Kier molecular flexibility index (Phi) is 10.00. The first-order valence-electron chi connectivity index (χ1n) is 4.53. The topological polar surface area (TPSA) is 121 Å². The van der Waals surface area contributed by atoms with Gasteiger partial charge in [-0.15, -0.1) is 6.58 Å². The molecule has 0 radical (unpaired) electrons. The first kappa shape index (κ1) is 18.1. The van der Waals surface area contributed by atoms with Gasteiger partial charge in [-0.25, -0.2) is 4.57 Å². The molecule has 0 spiro atoms. The Morgan fingerprint density at radius 2 is 1.75 bits per heavy atom. The number of rotatable bonds is 5. The number of nitrogens with zero attached hydrogens (tertiary/aromatic N) is 1. The Balaban J connectivity index is 0. The molecule has 0 aromatic carbocycles. The molecule has 0 saturated heterocycles. The van der Waals surface area contributed by atoms with Crippen LogP contribution in [0.5, 0.6) is 0 Å². The van der Waals surface area contributed by atoms with Gasteiger partial charge < -0.3 is 24.9 Å². The zero-order chi connectivity index (χ0) is 13.4. The molecule has 8 heteroatoms. The molecule has 0 bridgehead atoms. The van der Waals surface area contributed by atoms with Crippen LogP contribution in [0.2, 0.25) is 0 Å². The van der Waals surface area contributed by atoms with E-state index in [2.05, 4.69) is 6.58 Å². The average Bonchev–Trinajstić information content (AvgIpc) is 2.00. The number of aliphatic hydroxyl groups excluding tert-OH is 2. The van der Waals surface area contributed by atoms with E-state index in [4.69, 9.17) is 24.4 Å². The minimum Gasteiger partial charge on any atom is -0.391 e. The van der Waals surface area contributed by atoms with E-state index < -0.39 is 20.2 Å². The number of hydrogen-bond acceptors (Lipinski definition) is 4. The molecule has 0 amide bonds. The predicted octanol–water partition coefficient (Wildman–Crippen LogP) is -0.735. The molecule has 7 nitrogen and oxygen atoms in total. The van der Waals surface area contributed by atoms with Crippen molar-refractivity contribution in [1.82, 2.24) is 4.90 Å². The lowest BCUT2D eigenvalue weighted by Gasteiger charge is -2.22. The second kappa shape index (κ2) is 8.83. The monoisotopic (exact) mass is 257 g/mol. The summed E-state index contributed by atoms with van der Waals surface area (Å²) in [5.41, 5.74) is 0. The standard InChI is InChI=1S/C8H17NO2.H3O4P/c1-4-5-8(11)6-9(3)7(2)10;1-5(2,3)4/h4,7-8,10-11H,1,5-6H2,2-3H3;(H3,1,2,3,4). The van der Waals surface area contributed by atoms with Crippen molar-refractivity contribution in [2.24, 2.45) is 0 Å². The summed E-state index contributed by atoms with van der Waals surface area (Å²) in [7, 11) is -2.88. The van der Waals surface area contributed by atoms with Gasteiger partial charge in [0.25, 0.3) is 0 Å². The highest BCUT2D eigenvalue weighted by atomic mass is 31.2. The van der Waals surface area contributed by atoms with Crippen LogP contribution < -0.4 is 0 Å². The van der Waals surface area contributed by atoms with Crippen LogP contribution in [-0.4, -0.2) is 55.7 Å². The zero-order valence-corrected chi connectivity index (χ0v) is 10.3. The van der Waals surface area contributed by atoms with Crippen LogP contribution in [-0.2, 0) is 4.57 Å². The van der Waals surface area contributed by atoms with E-state index in [0.29, 0.717) is 13.0 Å². The second-order valence-electron chi connectivity index (χ2n) is 3.26. The first-order valence-corrected chi connectivity index (χ1v) is 6.10. The summed E-state index contributed by atoms with van der Waals surface area (Å²) in [5, 5.41) is 18.3. The van der Waals surface area contributed by atoms with Crippen molar-refractivity contribution in [2.45, 2.75) is 25.7 Å². The molecule has 0 fully saturated rings. The molecule has 0 rings (SSSR count). The Hall–Kier alpha value is -0.270. The summed E-state index contributed by atoms with van der Waals surface area (Å²) >= 11 is 0. The van der Waals surface area contributed by atoms with Gasteiger partial charge in [0.05, 0.1) is 6.10 Å². The minimum atomic E-state index is -4.64. The lowest BCUT2D eigenvalue weighted by Crippen LogP contribution is -2.35. The fraction of sp³-hybridized carbons (Fsp3) is 0.750. The highest BCUT2D eigenvalue weighted by Crippen LogP contribution is 2.25. The van der Waals surface area contributed by atoms with Gasteiger partial charge in [0.15, 0.2) is 0 Å². The van der Waals surface area contributed by atoms with E-state index in [1.807, 2.05) is 0 Å². The van der Waals surface area contributed by atoms with Gasteiger partial charge in [-0.2, -0.15) is 0 Å². The van der Waals surface area contributed by atoms with Gasteiger partial charge in [0.1, 0.15) is 6.23 Å². The largest absolute Gasteiger partial charge is 0.466 e. The SMILES string of the molecule is C=CCC(O)CN(C)C(C)O.O=P(O)(O)O. The molecule has 2 atom stereocenters. The maximum Gasteiger partial charge on any atom is 0.466 e. The molecule has 0 saturated carbocycles. The second-order valence-corrected chi connectivity index (χ2v) is 4.29. The number of likely N-dealkylation sites (N-methyl/N-ethyl adjacent to an activating group) is 1. The molecule has 0 aromatic heterocycles. The van der Waals surface area contributed by atoms with Gasteiger partial charge >= 0.3 is 7.82 Å². The summed E-state index contributed by atoms with van der Waals surface area (Å²) in [5.74, 6) is 0. The summed E-state index contributed by atoms with van der Waals surface area (Å²) in [4.78, 5) is 23.2. The van der Waals surface area contributed by atoms with E-state index >= 15 is 0 Å². The van der Waals surface area contributed by atoms with Crippen LogP contribution in [0.1, 0.15) is 13.3 Å². The van der Waals surface area contributed by atoms with E-state index in [-0.39, 0.29) is 0 Å². The number of aliphatic hydroxyl groups is 2. The third-order valence-corrected chi connectivity index (χ3v) is 1.58. The number of hydrogen-bond donors (Lipinski definition) is 5. The Morgan fingerprint density at radius 1 is 1.38 bits per heavy atom. The van der Waals surface area contributed by atoms with Gasteiger partial charge in [0.2, 0.25) is 0 Å². The molecular formula is C8H20NO6P. The van der Waals surface area contributed by atoms with Crippen molar-refractivity contribution >= 4 is 7.82 Å². The normalized spacial score (nSPS) is 15.0. The molecule has 16 heavy (non-hydrogen) atoms. The quantitative estimate of drug-likeness (QED) is 0.250. The molecule has 0 aliphatic rings. The highest BCUT2D eigenvalue weighted by Gasteiger charge is 2.09. The molecule has 0 aliphatic heterocycles. The van der Waals surface area contributed by atoms with Crippen molar-refractivity contribution in [3.05, 3.63) is 12.7 Å². The maximum atomic E-state index is 9.24. The van der Waals surface area contributed by atoms with Crippen molar-refractivity contribution in [3.63, 3.8) is 0 Å².